The van der Waals surface area contributed by atoms with Crippen molar-refractivity contribution in [3.05, 3.63) is 23.9 Å². The number of rotatable bonds is 3. The van der Waals surface area contributed by atoms with Crippen LogP contribution in [0.1, 0.15) is 12.5 Å². The normalized spacial score (nSPS) is 19.4. The van der Waals surface area contributed by atoms with Gasteiger partial charge >= 0.3 is 12.1 Å². The minimum atomic E-state index is -4.52. The van der Waals surface area contributed by atoms with Gasteiger partial charge in [0, 0.05) is 25.8 Å². The van der Waals surface area contributed by atoms with E-state index in [9.17, 15) is 18.0 Å². The summed E-state index contributed by atoms with van der Waals surface area (Å²) in [5.74, 6) is -0.784. The molecule has 1 saturated heterocycles. The molecule has 1 N–H and O–H groups in total. The number of piperazine rings is 1. The Kier molecular flexibility index (Phi) is 4.66. The lowest BCUT2D eigenvalue weighted by Gasteiger charge is -2.36. The zero-order valence-corrected chi connectivity index (χ0v) is 11.5. The molecule has 21 heavy (non-hydrogen) atoms. The first-order chi connectivity index (χ1) is 9.95. The van der Waals surface area contributed by atoms with Crippen molar-refractivity contribution >= 4 is 11.8 Å². The molecule has 1 fully saturated rings. The highest BCUT2D eigenvalue weighted by Gasteiger charge is 2.39. The van der Waals surface area contributed by atoms with Crippen molar-refractivity contribution < 1.29 is 22.7 Å². The first-order valence-corrected chi connectivity index (χ1v) is 6.61. The molecule has 116 valence electrons. The second-order valence-electron chi connectivity index (χ2n) is 4.54. The number of aromatic nitrogens is 1. The Balaban J connectivity index is 2.36. The summed E-state index contributed by atoms with van der Waals surface area (Å²) in [5.41, 5.74) is -0.846. The molecule has 1 unspecified atom stereocenters. The minimum Gasteiger partial charge on any atom is -0.464 e. The number of esters is 1. The summed E-state index contributed by atoms with van der Waals surface area (Å²) >= 11 is 0. The Morgan fingerprint density at radius 2 is 2.33 bits per heavy atom. The average molecular weight is 303 g/mol. The molecule has 8 heteroatoms. The third-order valence-corrected chi connectivity index (χ3v) is 3.17. The molecule has 0 aromatic carbocycles. The maximum Gasteiger partial charge on any atom is 0.419 e. The van der Waals surface area contributed by atoms with Crippen molar-refractivity contribution in [2.24, 2.45) is 0 Å². The van der Waals surface area contributed by atoms with Gasteiger partial charge in [-0.25, -0.2) is 9.78 Å². The van der Waals surface area contributed by atoms with Crippen molar-refractivity contribution in [1.29, 1.82) is 0 Å². The van der Waals surface area contributed by atoms with Crippen molar-refractivity contribution in [3.8, 4) is 0 Å². The molecule has 2 heterocycles. The number of carbonyl (C=O) groups is 1. The van der Waals surface area contributed by atoms with Crippen LogP contribution in [-0.2, 0) is 15.7 Å². The standard InChI is InChI=1S/C13H16F3N3O2/c1-2-21-12(20)10-8-17-6-7-19(10)11-9(13(14,15)16)4-3-5-18-11/h3-5,10,17H,2,6-8H2,1H3. The highest BCUT2D eigenvalue weighted by Crippen LogP contribution is 2.36. The second kappa shape index (κ2) is 6.30. The summed E-state index contributed by atoms with van der Waals surface area (Å²) in [7, 11) is 0. The monoisotopic (exact) mass is 303 g/mol. The van der Waals surface area contributed by atoms with E-state index < -0.39 is 23.8 Å². The Hall–Kier alpha value is -1.83. The lowest BCUT2D eigenvalue weighted by atomic mass is 10.1. The van der Waals surface area contributed by atoms with Crippen LogP contribution >= 0.6 is 0 Å². The Labute approximate surface area is 120 Å². The first-order valence-electron chi connectivity index (χ1n) is 6.61. The SMILES string of the molecule is CCOC(=O)C1CNCCN1c1ncccc1C(F)(F)F. The van der Waals surface area contributed by atoms with E-state index >= 15 is 0 Å². The van der Waals surface area contributed by atoms with E-state index in [-0.39, 0.29) is 25.5 Å². The summed E-state index contributed by atoms with van der Waals surface area (Å²) in [6.45, 7) is 2.79. The van der Waals surface area contributed by atoms with Crippen LogP contribution in [0.25, 0.3) is 0 Å². The fourth-order valence-electron chi connectivity index (χ4n) is 2.25. The van der Waals surface area contributed by atoms with E-state index in [0.717, 1.165) is 6.07 Å². The maximum atomic E-state index is 13.1. The lowest BCUT2D eigenvalue weighted by molar-refractivity contribution is -0.145. The molecule has 0 aliphatic carbocycles. The molecular weight excluding hydrogens is 287 g/mol. The highest BCUT2D eigenvalue weighted by molar-refractivity contribution is 5.80. The number of anilines is 1. The molecule has 1 atom stereocenters. The van der Waals surface area contributed by atoms with Crippen molar-refractivity contribution in [2.45, 2.75) is 19.1 Å². The van der Waals surface area contributed by atoms with Gasteiger partial charge in [0.1, 0.15) is 11.9 Å². The van der Waals surface area contributed by atoms with Gasteiger partial charge in [0.05, 0.1) is 12.2 Å². The summed E-state index contributed by atoms with van der Waals surface area (Å²) in [5, 5.41) is 2.98. The zero-order chi connectivity index (χ0) is 15.5. The van der Waals surface area contributed by atoms with Gasteiger partial charge in [-0.1, -0.05) is 0 Å². The Morgan fingerprint density at radius 1 is 1.57 bits per heavy atom. The number of ether oxygens (including phenoxy) is 1. The van der Waals surface area contributed by atoms with Gasteiger partial charge in [-0.05, 0) is 19.1 Å². The average Bonchev–Trinajstić information content (AvgIpc) is 2.46. The summed E-state index contributed by atoms with van der Waals surface area (Å²) < 4.78 is 44.2. The van der Waals surface area contributed by atoms with Crippen molar-refractivity contribution in [3.63, 3.8) is 0 Å². The molecule has 0 saturated carbocycles. The molecule has 5 nitrogen and oxygen atoms in total. The second-order valence-corrected chi connectivity index (χ2v) is 4.54. The molecule has 0 amide bonds. The quantitative estimate of drug-likeness (QED) is 0.856. The van der Waals surface area contributed by atoms with Crippen LogP contribution in [-0.4, -0.2) is 43.2 Å². The van der Waals surface area contributed by atoms with Crippen LogP contribution in [0.15, 0.2) is 18.3 Å². The zero-order valence-electron chi connectivity index (χ0n) is 11.5. The van der Waals surface area contributed by atoms with Crippen LogP contribution in [0.4, 0.5) is 19.0 Å². The van der Waals surface area contributed by atoms with Crippen LogP contribution < -0.4 is 10.2 Å². The highest BCUT2D eigenvalue weighted by atomic mass is 19.4. The maximum absolute atomic E-state index is 13.1. The van der Waals surface area contributed by atoms with Gasteiger partial charge in [0.25, 0.3) is 0 Å². The molecule has 1 aliphatic heterocycles. The summed E-state index contributed by atoms with van der Waals surface area (Å²) in [6.07, 6.45) is -3.23. The van der Waals surface area contributed by atoms with Crippen LogP contribution in [0.5, 0.6) is 0 Å². The number of nitrogens with zero attached hydrogens (tertiary/aromatic N) is 2. The lowest BCUT2D eigenvalue weighted by Crippen LogP contribution is -2.56. The fourth-order valence-corrected chi connectivity index (χ4v) is 2.25. The van der Waals surface area contributed by atoms with Crippen LogP contribution in [0, 0.1) is 0 Å². The molecule has 0 radical (unpaired) electrons. The number of hydrogen-bond acceptors (Lipinski definition) is 5. The number of alkyl halides is 3. The van der Waals surface area contributed by atoms with Gasteiger partial charge in [-0.3, -0.25) is 0 Å². The topological polar surface area (TPSA) is 54.5 Å². The van der Waals surface area contributed by atoms with E-state index in [2.05, 4.69) is 10.3 Å². The van der Waals surface area contributed by atoms with Gasteiger partial charge in [-0.2, -0.15) is 13.2 Å². The molecule has 1 aliphatic rings. The third-order valence-electron chi connectivity index (χ3n) is 3.17. The molecule has 1 aromatic rings. The van der Waals surface area contributed by atoms with Crippen molar-refractivity contribution in [1.82, 2.24) is 10.3 Å². The summed E-state index contributed by atoms with van der Waals surface area (Å²) in [4.78, 5) is 17.1. The molecule has 2 rings (SSSR count). The predicted molar refractivity (Wildman–Crippen MR) is 69.9 cm³/mol. The van der Waals surface area contributed by atoms with E-state index in [0.29, 0.717) is 6.54 Å². The van der Waals surface area contributed by atoms with Gasteiger partial charge in [0.2, 0.25) is 0 Å². The summed E-state index contributed by atoms with van der Waals surface area (Å²) in [6, 6.07) is 1.38. The van der Waals surface area contributed by atoms with Gasteiger partial charge in [-0.15, -0.1) is 0 Å². The van der Waals surface area contributed by atoms with Crippen molar-refractivity contribution in [2.75, 3.05) is 31.1 Å². The van der Waals surface area contributed by atoms with Gasteiger partial charge < -0.3 is 15.0 Å². The van der Waals surface area contributed by atoms with E-state index in [1.165, 1.54) is 17.2 Å². The molecular formula is C13H16F3N3O2. The van der Waals surface area contributed by atoms with Crippen LogP contribution in [0.2, 0.25) is 0 Å². The minimum absolute atomic E-state index is 0.178. The molecule has 0 spiro atoms. The van der Waals surface area contributed by atoms with Gasteiger partial charge in [0.15, 0.2) is 0 Å². The third kappa shape index (κ3) is 3.44. The van der Waals surface area contributed by atoms with E-state index in [1.807, 2.05) is 0 Å². The smallest absolute Gasteiger partial charge is 0.419 e. The Bertz CT molecular complexity index is 508. The Morgan fingerprint density at radius 3 is 3.00 bits per heavy atom. The predicted octanol–water partition coefficient (Wildman–Crippen LogP) is 1.44. The molecule has 1 aromatic heterocycles. The van der Waals surface area contributed by atoms with E-state index in [4.69, 9.17) is 4.74 Å². The number of hydrogen-bond donors (Lipinski definition) is 1. The number of halogens is 3. The molecule has 0 bridgehead atoms. The largest absolute Gasteiger partial charge is 0.464 e. The fraction of sp³-hybridized carbons (Fsp3) is 0.538. The number of nitrogens with one attached hydrogen (secondary N) is 1. The number of pyridine rings is 1. The van der Waals surface area contributed by atoms with Crippen LogP contribution in [0.3, 0.4) is 0 Å². The number of carbonyl (C=O) groups excluding carboxylic acids is 1. The first kappa shape index (κ1) is 15.6. The van der Waals surface area contributed by atoms with E-state index in [1.54, 1.807) is 6.92 Å².